The summed E-state index contributed by atoms with van der Waals surface area (Å²) in [6.45, 7) is 6.95. The first-order valence-electron chi connectivity index (χ1n) is 12.5. The minimum atomic E-state index is -0.734. The van der Waals surface area contributed by atoms with E-state index in [1.54, 1.807) is 45.0 Å². The first kappa shape index (κ1) is 27.2. The molecule has 0 radical (unpaired) electrons. The average molecular weight is 490 g/mol. The van der Waals surface area contributed by atoms with Crippen molar-refractivity contribution in [3.8, 4) is 0 Å². The van der Waals surface area contributed by atoms with Gasteiger partial charge in [0, 0.05) is 24.6 Å². The first-order valence-corrected chi connectivity index (χ1v) is 12.5. The van der Waals surface area contributed by atoms with Crippen LogP contribution in [0.1, 0.15) is 61.5 Å². The zero-order valence-electron chi connectivity index (χ0n) is 20.9. The van der Waals surface area contributed by atoms with Crippen molar-refractivity contribution in [3.05, 3.63) is 70.3 Å². The van der Waals surface area contributed by atoms with Crippen LogP contribution in [-0.4, -0.2) is 54.4 Å². The first-order chi connectivity index (χ1) is 16.8. The van der Waals surface area contributed by atoms with Crippen molar-refractivity contribution in [3.63, 3.8) is 0 Å². The Kier molecular flexibility index (Phi) is 10.2. The summed E-state index contributed by atoms with van der Waals surface area (Å²) in [5.74, 6) is -0.900. The van der Waals surface area contributed by atoms with Crippen LogP contribution in [0.2, 0.25) is 0 Å². The summed E-state index contributed by atoms with van der Waals surface area (Å²) in [6, 6.07) is 10.4. The number of esters is 1. The number of aliphatic hydroxyl groups excluding tert-OH is 1. The number of benzene rings is 2. The van der Waals surface area contributed by atoms with Crippen LogP contribution in [0, 0.1) is 18.6 Å². The van der Waals surface area contributed by atoms with E-state index < -0.39 is 18.0 Å². The molecule has 1 heterocycles. The SMILES string of the molecule is CCOC(=O)CCc1cccc(F)c1C(C)OC[C@H](O)CN1CCC[C@H]1Cc1ccc(C)c(F)c1. The summed E-state index contributed by atoms with van der Waals surface area (Å²) in [6.07, 6.45) is 1.98. The van der Waals surface area contributed by atoms with Gasteiger partial charge in [-0.1, -0.05) is 24.3 Å². The molecule has 0 bridgehead atoms. The van der Waals surface area contributed by atoms with E-state index in [2.05, 4.69) is 4.90 Å². The van der Waals surface area contributed by atoms with Crippen molar-refractivity contribution in [2.75, 3.05) is 26.3 Å². The minimum absolute atomic E-state index is 0.0647. The molecule has 1 fully saturated rings. The predicted molar refractivity (Wildman–Crippen MR) is 131 cm³/mol. The Morgan fingerprint density at radius 3 is 2.77 bits per heavy atom. The molecule has 5 nitrogen and oxygen atoms in total. The normalized spacial score (nSPS) is 17.9. The van der Waals surface area contributed by atoms with E-state index in [4.69, 9.17) is 9.47 Å². The molecule has 3 rings (SSSR count). The highest BCUT2D eigenvalue weighted by Gasteiger charge is 2.27. The van der Waals surface area contributed by atoms with Gasteiger partial charge in [-0.15, -0.1) is 0 Å². The molecular weight excluding hydrogens is 452 g/mol. The monoisotopic (exact) mass is 489 g/mol. The van der Waals surface area contributed by atoms with E-state index in [0.717, 1.165) is 31.4 Å². The van der Waals surface area contributed by atoms with Crippen molar-refractivity contribution < 1.29 is 28.2 Å². The van der Waals surface area contributed by atoms with Crippen molar-refractivity contribution in [1.82, 2.24) is 4.90 Å². The molecule has 0 aromatic heterocycles. The highest BCUT2D eigenvalue weighted by Crippen LogP contribution is 2.27. The van der Waals surface area contributed by atoms with Crippen LogP contribution in [0.15, 0.2) is 36.4 Å². The van der Waals surface area contributed by atoms with Crippen LogP contribution in [0.5, 0.6) is 0 Å². The molecule has 1 N–H and O–H groups in total. The molecule has 7 heteroatoms. The molecule has 35 heavy (non-hydrogen) atoms. The van der Waals surface area contributed by atoms with E-state index in [0.29, 0.717) is 36.3 Å². The Morgan fingerprint density at radius 1 is 1.23 bits per heavy atom. The summed E-state index contributed by atoms with van der Waals surface area (Å²) in [4.78, 5) is 14.0. The van der Waals surface area contributed by atoms with E-state index in [1.807, 2.05) is 6.07 Å². The van der Waals surface area contributed by atoms with Crippen LogP contribution >= 0.6 is 0 Å². The maximum atomic E-state index is 14.6. The average Bonchev–Trinajstić information content (AvgIpc) is 3.25. The van der Waals surface area contributed by atoms with Gasteiger partial charge in [0.2, 0.25) is 0 Å². The van der Waals surface area contributed by atoms with Crippen molar-refractivity contribution in [2.45, 2.75) is 71.1 Å². The molecule has 2 aromatic carbocycles. The fourth-order valence-electron chi connectivity index (χ4n) is 4.79. The van der Waals surface area contributed by atoms with Gasteiger partial charge < -0.3 is 14.6 Å². The Labute approximate surface area is 207 Å². The maximum absolute atomic E-state index is 14.6. The molecular formula is C28H37F2NO4. The molecule has 1 aliphatic rings. The summed E-state index contributed by atoms with van der Waals surface area (Å²) in [5.41, 5.74) is 2.70. The summed E-state index contributed by atoms with van der Waals surface area (Å²) in [7, 11) is 0. The standard InChI is InChI=1S/C28H37F2NO4/c1-4-34-27(33)13-12-22-7-5-9-25(29)28(22)20(3)35-18-24(32)17-31-14-6-8-23(31)15-21-11-10-19(2)26(30)16-21/h5,7,9-11,16,20,23-24,32H,4,6,8,12-15,17-18H2,1-3H3/t20?,23-,24+/m0/s1. The van der Waals surface area contributed by atoms with Gasteiger partial charge in [-0.05, 0) is 81.8 Å². The Bertz CT molecular complexity index is 983. The number of nitrogens with zero attached hydrogens (tertiary/aromatic N) is 1. The fraction of sp³-hybridized carbons (Fsp3) is 0.536. The number of likely N-dealkylation sites (tertiary alicyclic amines) is 1. The van der Waals surface area contributed by atoms with E-state index in [9.17, 15) is 18.7 Å². The number of aliphatic hydroxyl groups is 1. The van der Waals surface area contributed by atoms with Gasteiger partial charge in [0.15, 0.2) is 0 Å². The number of carbonyl (C=O) groups is 1. The van der Waals surface area contributed by atoms with Crippen molar-refractivity contribution >= 4 is 5.97 Å². The lowest BCUT2D eigenvalue weighted by Crippen LogP contribution is -2.39. The maximum Gasteiger partial charge on any atom is 0.306 e. The Balaban J connectivity index is 1.54. The molecule has 1 saturated heterocycles. The quantitative estimate of drug-likeness (QED) is 0.429. The van der Waals surface area contributed by atoms with Crippen LogP contribution in [0.4, 0.5) is 8.78 Å². The van der Waals surface area contributed by atoms with Crippen molar-refractivity contribution in [2.24, 2.45) is 0 Å². The molecule has 0 saturated carbocycles. The summed E-state index contributed by atoms with van der Waals surface area (Å²) >= 11 is 0. The van der Waals surface area contributed by atoms with Crippen LogP contribution in [-0.2, 0) is 27.1 Å². The second-order valence-corrected chi connectivity index (χ2v) is 9.33. The smallest absolute Gasteiger partial charge is 0.306 e. The van der Waals surface area contributed by atoms with Gasteiger partial charge in [-0.2, -0.15) is 0 Å². The molecule has 1 unspecified atom stereocenters. The topological polar surface area (TPSA) is 59.0 Å². The number of rotatable bonds is 12. The summed E-state index contributed by atoms with van der Waals surface area (Å²) in [5, 5.41) is 10.7. The molecule has 2 aromatic rings. The fourth-order valence-corrected chi connectivity index (χ4v) is 4.79. The van der Waals surface area contributed by atoms with Crippen LogP contribution in [0.3, 0.4) is 0 Å². The van der Waals surface area contributed by atoms with E-state index in [-0.39, 0.29) is 30.9 Å². The van der Waals surface area contributed by atoms with Gasteiger partial charge in [-0.3, -0.25) is 9.69 Å². The number of hydrogen-bond donors (Lipinski definition) is 1. The number of carbonyl (C=O) groups excluding carboxylic acids is 1. The molecule has 0 aliphatic carbocycles. The number of β-amino-alcohol motifs (C(OH)–C–C–N with tert-alkyl or cyclic N) is 1. The summed E-state index contributed by atoms with van der Waals surface area (Å²) < 4.78 is 39.4. The molecule has 1 aliphatic heterocycles. The molecule has 0 amide bonds. The second kappa shape index (κ2) is 13.1. The third-order valence-electron chi connectivity index (χ3n) is 6.64. The third-order valence-corrected chi connectivity index (χ3v) is 6.64. The van der Waals surface area contributed by atoms with Crippen LogP contribution < -0.4 is 0 Å². The second-order valence-electron chi connectivity index (χ2n) is 9.33. The Hall–Kier alpha value is -2.35. The van der Waals surface area contributed by atoms with Gasteiger partial charge in [0.1, 0.15) is 11.6 Å². The number of hydrogen-bond acceptors (Lipinski definition) is 5. The number of halogens is 2. The lowest BCUT2D eigenvalue weighted by molar-refractivity contribution is -0.143. The minimum Gasteiger partial charge on any atom is -0.466 e. The number of ether oxygens (including phenoxy) is 2. The van der Waals surface area contributed by atoms with E-state index >= 15 is 0 Å². The molecule has 192 valence electrons. The van der Waals surface area contributed by atoms with E-state index in [1.165, 1.54) is 6.07 Å². The largest absolute Gasteiger partial charge is 0.466 e. The van der Waals surface area contributed by atoms with Crippen molar-refractivity contribution in [1.29, 1.82) is 0 Å². The predicted octanol–water partition coefficient (Wildman–Crippen LogP) is 4.91. The number of aryl methyl sites for hydroxylation is 2. The Morgan fingerprint density at radius 2 is 2.03 bits per heavy atom. The lowest BCUT2D eigenvalue weighted by atomic mass is 9.98. The van der Waals surface area contributed by atoms with Gasteiger partial charge in [0.25, 0.3) is 0 Å². The highest BCUT2D eigenvalue weighted by molar-refractivity contribution is 5.69. The van der Waals surface area contributed by atoms with Crippen LogP contribution in [0.25, 0.3) is 0 Å². The third kappa shape index (κ3) is 7.82. The zero-order valence-corrected chi connectivity index (χ0v) is 20.9. The molecule has 3 atom stereocenters. The van der Waals surface area contributed by atoms with Gasteiger partial charge in [-0.25, -0.2) is 8.78 Å². The van der Waals surface area contributed by atoms with Gasteiger partial charge in [0.05, 0.1) is 25.4 Å². The zero-order chi connectivity index (χ0) is 25.4. The lowest BCUT2D eigenvalue weighted by Gasteiger charge is -2.28. The van der Waals surface area contributed by atoms with Gasteiger partial charge >= 0.3 is 5.97 Å². The highest BCUT2D eigenvalue weighted by atomic mass is 19.1. The molecule has 0 spiro atoms.